The summed E-state index contributed by atoms with van der Waals surface area (Å²) in [7, 11) is 0. The van der Waals surface area contributed by atoms with Crippen LogP contribution in [-0.2, 0) is 0 Å². The molecule has 0 bridgehead atoms. The lowest BCUT2D eigenvalue weighted by Crippen LogP contribution is -2.07. The fourth-order valence-electron chi connectivity index (χ4n) is 2.09. The number of hydrogen-bond acceptors (Lipinski definition) is 3. The standard InChI is InChI=1S/C18H11F2NO2/c19-14-8-2-1-6-12(14)17(22)13-7-5-9-15(20)18(13)23-16-10-3-4-11-21-16/h1-11H. The number of rotatable bonds is 4. The Balaban J connectivity index is 2.05. The highest BCUT2D eigenvalue weighted by Gasteiger charge is 2.21. The second-order valence-corrected chi connectivity index (χ2v) is 4.70. The quantitative estimate of drug-likeness (QED) is 0.671. The Kier molecular flexibility index (Phi) is 4.10. The van der Waals surface area contributed by atoms with Crippen LogP contribution in [0.25, 0.3) is 0 Å². The highest BCUT2D eigenvalue weighted by atomic mass is 19.1. The molecule has 0 atom stereocenters. The number of ketones is 1. The lowest BCUT2D eigenvalue weighted by molar-refractivity contribution is 0.103. The first-order chi connectivity index (χ1) is 11.2. The molecule has 0 fully saturated rings. The average Bonchev–Trinajstić information content (AvgIpc) is 2.57. The Labute approximate surface area is 131 Å². The van der Waals surface area contributed by atoms with E-state index in [0.717, 1.165) is 6.07 Å². The van der Waals surface area contributed by atoms with Gasteiger partial charge in [-0.25, -0.2) is 13.8 Å². The summed E-state index contributed by atoms with van der Waals surface area (Å²) in [6, 6.07) is 14.3. The van der Waals surface area contributed by atoms with Gasteiger partial charge in [0.25, 0.3) is 0 Å². The molecular formula is C18H11F2NO2. The molecule has 0 spiro atoms. The monoisotopic (exact) mass is 311 g/mol. The predicted octanol–water partition coefficient (Wildman–Crippen LogP) is 4.38. The summed E-state index contributed by atoms with van der Waals surface area (Å²) in [4.78, 5) is 16.5. The van der Waals surface area contributed by atoms with E-state index >= 15 is 0 Å². The van der Waals surface area contributed by atoms with Gasteiger partial charge in [0.15, 0.2) is 17.3 Å². The maximum atomic E-state index is 14.1. The zero-order valence-electron chi connectivity index (χ0n) is 11.9. The van der Waals surface area contributed by atoms with E-state index in [9.17, 15) is 13.6 Å². The van der Waals surface area contributed by atoms with Crippen molar-refractivity contribution in [2.45, 2.75) is 0 Å². The van der Waals surface area contributed by atoms with Crippen LogP contribution in [0.15, 0.2) is 66.9 Å². The summed E-state index contributed by atoms with van der Waals surface area (Å²) in [6.45, 7) is 0. The van der Waals surface area contributed by atoms with Crippen molar-refractivity contribution in [1.29, 1.82) is 0 Å². The second kappa shape index (κ2) is 6.36. The number of pyridine rings is 1. The van der Waals surface area contributed by atoms with Crippen LogP contribution >= 0.6 is 0 Å². The van der Waals surface area contributed by atoms with Crippen molar-refractivity contribution >= 4 is 5.78 Å². The lowest BCUT2D eigenvalue weighted by atomic mass is 10.0. The third-order valence-corrected chi connectivity index (χ3v) is 3.17. The summed E-state index contributed by atoms with van der Waals surface area (Å²) in [5.41, 5.74) is -0.218. The minimum atomic E-state index is -0.724. The molecule has 114 valence electrons. The van der Waals surface area contributed by atoms with Crippen LogP contribution in [0.5, 0.6) is 11.6 Å². The number of aromatic nitrogens is 1. The average molecular weight is 311 g/mol. The molecule has 3 aromatic rings. The van der Waals surface area contributed by atoms with Crippen molar-refractivity contribution in [3.63, 3.8) is 0 Å². The topological polar surface area (TPSA) is 39.2 Å². The van der Waals surface area contributed by atoms with Gasteiger partial charge in [-0.05, 0) is 30.3 Å². The Hall–Kier alpha value is -3.08. The van der Waals surface area contributed by atoms with Gasteiger partial charge in [-0.15, -0.1) is 0 Å². The van der Waals surface area contributed by atoms with E-state index in [0.29, 0.717) is 0 Å². The van der Waals surface area contributed by atoms with Crippen LogP contribution < -0.4 is 4.74 Å². The zero-order chi connectivity index (χ0) is 16.2. The van der Waals surface area contributed by atoms with Gasteiger partial charge >= 0.3 is 0 Å². The molecule has 3 nitrogen and oxygen atoms in total. The predicted molar refractivity (Wildman–Crippen MR) is 80.5 cm³/mol. The minimum Gasteiger partial charge on any atom is -0.435 e. The van der Waals surface area contributed by atoms with Crippen molar-refractivity contribution in [2.24, 2.45) is 0 Å². The number of carbonyl (C=O) groups excluding carboxylic acids is 1. The van der Waals surface area contributed by atoms with Crippen molar-refractivity contribution in [1.82, 2.24) is 4.98 Å². The summed E-state index contributed by atoms with van der Waals surface area (Å²) in [5.74, 6) is -2.20. The number of halogens is 2. The molecule has 2 aromatic carbocycles. The lowest BCUT2D eigenvalue weighted by Gasteiger charge is -2.11. The van der Waals surface area contributed by atoms with Gasteiger partial charge in [-0.2, -0.15) is 0 Å². The molecule has 0 saturated heterocycles. The number of hydrogen-bond donors (Lipinski definition) is 0. The molecule has 0 saturated carbocycles. The van der Waals surface area contributed by atoms with Crippen molar-refractivity contribution in [2.75, 3.05) is 0 Å². The number of nitrogens with zero attached hydrogens (tertiary/aromatic N) is 1. The van der Waals surface area contributed by atoms with Crippen LogP contribution in [0.4, 0.5) is 8.78 Å². The van der Waals surface area contributed by atoms with E-state index in [4.69, 9.17) is 4.74 Å². The number of para-hydroxylation sites is 1. The number of carbonyl (C=O) groups is 1. The third-order valence-electron chi connectivity index (χ3n) is 3.17. The van der Waals surface area contributed by atoms with Crippen molar-refractivity contribution in [3.05, 3.63) is 89.6 Å². The fraction of sp³-hybridized carbons (Fsp3) is 0. The molecule has 0 N–H and O–H groups in total. The summed E-state index contributed by atoms with van der Waals surface area (Å²) < 4.78 is 33.3. The number of benzene rings is 2. The summed E-state index contributed by atoms with van der Waals surface area (Å²) in [6.07, 6.45) is 1.48. The molecule has 0 aliphatic rings. The molecule has 1 heterocycles. The molecule has 23 heavy (non-hydrogen) atoms. The van der Waals surface area contributed by atoms with Crippen molar-refractivity contribution < 1.29 is 18.3 Å². The van der Waals surface area contributed by atoms with E-state index < -0.39 is 17.4 Å². The van der Waals surface area contributed by atoms with E-state index in [1.54, 1.807) is 12.1 Å². The molecular weight excluding hydrogens is 300 g/mol. The van der Waals surface area contributed by atoms with Crippen molar-refractivity contribution in [3.8, 4) is 11.6 Å². The van der Waals surface area contributed by atoms with Gasteiger partial charge in [0.1, 0.15) is 5.82 Å². The van der Waals surface area contributed by atoms with E-state index in [1.807, 2.05) is 0 Å². The summed E-state index contributed by atoms with van der Waals surface area (Å²) >= 11 is 0. The summed E-state index contributed by atoms with van der Waals surface area (Å²) in [5, 5.41) is 0. The zero-order valence-corrected chi connectivity index (χ0v) is 11.9. The molecule has 1 aromatic heterocycles. The molecule has 3 rings (SSSR count). The maximum Gasteiger partial charge on any atom is 0.219 e. The Morgan fingerprint density at radius 3 is 2.26 bits per heavy atom. The number of ether oxygens (including phenoxy) is 1. The van der Waals surface area contributed by atoms with Gasteiger partial charge in [0.2, 0.25) is 5.88 Å². The highest BCUT2D eigenvalue weighted by Crippen LogP contribution is 2.29. The molecule has 0 radical (unpaired) electrons. The normalized spacial score (nSPS) is 10.3. The molecule has 0 aliphatic carbocycles. The van der Waals surface area contributed by atoms with Gasteiger partial charge in [0.05, 0.1) is 11.1 Å². The molecule has 0 amide bonds. The first-order valence-corrected chi connectivity index (χ1v) is 6.83. The fourth-order valence-corrected chi connectivity index (χ4v) is 2.09. The van der Waals surface area contributed by atoms with Gasteiger partial charge in [0, 0.05) is 12.3 Å². The van der Waals surface area contributed by atoms with Gasteiger partial charge in [-0.1, -0.05) is 24.3 Å². The van der Waals surface area contributed by atoms with E-state index in [2.05, 4.69) is 4.98 Å². The highest BCUT2D eigenvalue weighted by molar-refractivity contribution is 6.10. The third kappa shape index (κ3) is 3.08. The van der Waals surface area contributed by atoms with Crippen LogP contribution in [0.2, 0.25) is 0 Å². The molecule has 0 unspecified atom stereocenters. The minimum absolute atomic E-state index is 0.0687. The second-order valence-electron chi connectivity index (χ2n) is 4.70. The van der Waals surface area contributed by atoms with Crippen LogP contribution in [-0.4, -0.2) is 10.8 Å². The Bertz CT molecular complexity index is 851. The Morgan fingerprint density at radius 2 is 1.52 bits per heavy atom. The van der Waals surface area contributed by atoms with Crippen LogP contribution in [0.1, 0.15) is 15.9 Å². The van der Waals surface area contributed by atoms with Crippen LogP contribution in [0.3, 0.4) is 0 Å². The largest absolute Gasteiger partial charge is 0.435 e. The van der Waals surface area contributed by atoms with Crippen LogP contribution in [0, 0.1) is 11.6 Å². The van der Waals surface area contributed by atoms with Gasteiger partial charge < -0.3 is 4.74 Å². The molecule has 5 heteroatoms. The Morgan fingerprint density at radius 1 is 0.826 bits per heavy atom. The van der Waals surface area contributed by atoms with Gasteiger partial charge in [-0.3, -0.25) is 4.79 Å². The first-order valence-electron chi connectivity index (χ1n) is 6.83. The van der Waals surface area contributed by atoms with E-state index in [-0.39, 0.29) is 22.8 Å². The SMILES string of the molecule is O=C(c1ccccc1F)c1cccc(F)c1Oc1ccccn1. The first kappa shape index (κ1) is 14.8. The smallest absolute Gasteiger partial charge is 0.219 e. The van der Waals surface area contributed by atoms with E-state index in [1.165, 1.54) is 48.7 Å². The molecule has 0 aliphatic heterocycles. The maximum absolute atomic E-state index is 14.1.